The Labute approximate surface area is 92.8 Å². The summed E-state index contributed by atoms with van der Waals surface area (Å²) >= 11 is 0. The first-order chi connectivity index (χ1) is 7.31. The van der Waals surface area contributed by atoms with E-state index in [0.717, 1.165) is 45.5 Å². The Morgan fingerprint density at radius 2 is 2.00 bits per heavy atom. The van der Waals surface area contributed by atoms with Crippen LogP contribution in [0.3, 0.4) is 0 Å². The minimum absolute atomic E-state index is 0.141. The molecule has 0 aliphatic carbocycles. The Hall–Kier alpha value is -0.610. The lowest BCUT2D eigenvalue weighted by atomic mass is 10.3. The summed E-state index contributed by atoms with van der Waals surface area (Å²) in [6, 6.07) is 0. The Morgan fingerprint density at radius 1 is 1.20 bits per heavy atom. The Balaban J connectivity index is 3.10. The van der Waals surface area contributed by atoms with Crippen LogP contribution in [-0.2, 0) is 9.53 Å². The number of nitrogens with one attached hydrogen (secondary N) is 2. The molecule has 0 atom stereocenters. The number of ether oxygens (including phenoxy) is 1. The minimum atomic E-state index is 0.141. The molecule has 0 fully saturated rings. The number of carbonyl (C=O) groups is 1. The third-order valence-corrected chi connectivity index (χ3v) is 2.08. The van der Waals surface area contributed by atoms with Gasteiger partial charge in [-0.2, -0.15) is 0 Å². The van der Waals surface area contributed by atoms with Gasteiger partial charge in [0, 0.05) is 33.2 Å². The third-order valence-electron chi connectivity index (χ3n) is 2.08. The average Bonchev–Trinajstić information content (AvgIpc) is 2.23. The molecule has 0 aliphatic heterocycles. The summed E-state index contributed by atoms with van der Waals surface area (Å²) in [5.74, 6) is 0.141. The highest BCUT2D eigenvalue weighted by atomic mass is 16.5. The molecule has 0 bridgehead atoms. The second-order valence-electron chi connectivity index (χ2n) is 3.55. The quantitative estimate of drug-likeness (QED) is 0.534. The molecule has 4 heteroatoms. The molecule has 4 nitrogen and oxygen atoms in total. The first kappa shape index (κ1) is 14.4. The van der Waals surface area contributed by atoms with Crippen LogP contribution in [0.5, 0.6) is 0 Å². The molecule has 0 aromatic carbocycles. The number of amides is 1. The van der Waals surface area contributed by atoms with Gasteiger partial charge in [0.25, 0.3) is 0 Å². The standard InChI is InChI=1S/C11H24N2O2/c1-3-4-8-13-11(14)6-9-12-7-5-10-15-2/h12H,3-10H2,1-2H3,(H,13,14). The fraction of sp³-hybridized carbons (Fsp3) is 0.909. The maximum absolute atomic E-state index is 11.2. The molecule has 0 saturated heterocycles. The summed E-state index contributed by atoms with van der Waals surface area (Å²) in [6.07, 6.45) is 3.74. The second-order valence-corrected chi connectivity index (χ2v) is 3.55. The van der Waals surface area contributed by atoms with Crippen LogP contribution in [0.1, 0.15) is 32.6 Å². The van der Waals surface area contributed by atoms with Crippen LogP contribution in [0, 0.1) is 0 Å². The minimum Gasteiger partial charge on any atom is -0.385 e. The molecule has 15 heavy (non-hydrogen) atoms. The molecular weight excluding hydrogens is 192 g/mol. The fourth-order valence-corrected chi connectivity index (χ4v) is 1.16. The molecule has 0 saturated carbocycles. The number of hydrogen-bond acceptors (Lipinski definition) is 3. The topological polar surface area (TPSA) is 50.4 Å². The summed E-state index contributed by atoms with van der Waals surface area (Å²) in [4.78, 5) is 11.2. The van der Waals surface area contributed by atoms with Gasteiger partial charge in [-0.3, -0.25) is 4.79 Å². The van der Waals surface area contributed by atoms with Gasteiger partial charge >= 0.3 is 0 Å². The molecule has 0 aromatic heterocycles. The van der Waals surface area contributed by atoms with Crippen molar-refractivity contribution in [2.75, 3.05) is 33.4 Å². The summed E-state index contributed by atoms with van der Waals surface area (Å²) < 4.78 is 4.92. The van der Waals surface area contributed by atoms with Crippen molar-refractivity contribution in [3.8, 4) is 0 Å². The van der Waals surface area contributed by atoms with E-state index in [1.54, 1.807) is 7.11 Å². The molecule has 1 amide bonds. The van der Waals surface area contributed by atoms with Gasteiger partial charge in [-0.1, -0.05) is 13.3 Å². The van der Waals surface area contributed by atoms with Crippen molar-refractivity contribution < 1.29 is 9.53 Å². The van der Waals surface area contributed by atoms with E-state index in [9.17, 15) is 4.79 Å². The zero-order chi connectivity index (χ0) is 11.4. The van der Waals surface area contributed by atoms with E-state index in [1.807, 2.05) is 0 Å². The lowest BCUT2D eigenvalue weighted by molar-refractivity contribution is -0.120. The van der Waals surface area contributed by atoms with Crippen LogP contribution in [0.2, 0.25) is 0 Å². The number of methoxy groups -OCH3 is 1. The number of rotatable bonds is 10. The zero-order valence-corrected chi connectivity index (χ0v) is 9.97. The largest absolute Gasteiger partial charge is 0.385 e. The number of carbonyl (C=O) groups excluding carboxylic acids is 1. The highest BCUT2D eigenvalue weighted by Crippen LogP contribution is 1.84. The zero-order valence-electron chi connectivity index (χ0n) is 9.97. The smallest absolute Gasteiger partial charge is 0.221 e. The lowest BCUT2D eigenvalue weighted by Gasteiger charge is -2.05. The molecule has 0 heterocycles. The third kappa shape index (κ3) is 11.3. The van der Waals surface area contributed by atoms with Crippen LogP contribution >= 0.6 is 0 Å². The highest BCUT2D eigenvalue weighted by molar-refractivity contribution is 5.75. The summed E-state index contributed by atoms with van der Waals surface area (Å²) in [7, 11) is 1.70. The van der Waals surface area contributed by atoms with Crippen LogP contribution in [0.25, 0.3) is 0 Å². The molecule has 90 valence electrons. The maximum Gasteiger partial charge on any atom is 0.221 e. The highest BCUT2D eigenvalue weighted by Gasteiger charge is 1.98. The molecule has 0 unspecified atom stereocenters. The van der Waals surface area contributed by atoms with E-state index in [1.165, 1.54) is 0 Å². The fourth-order valence-electron chi connectivity index (χ4n) is 1.16. The normalized spacial score (nSPS) is 10.3. The first-order valence-corrected chi connectivity index (χ1v) is 5.77. The average molecular weight is 216 g/mol. The van der Waals surface area contributed by atoms with E-state index in [2.05, 4.69) is 17.6 Å². The van der Waals surface area contributed by atoms with E-state index in [0.29, 0.717) is 6.42 Å². The van der Waals surface area contributed by atoms with Gasteiger partial charge in [0.2, 0.25) is 5.91 Å². The predicted molar refractivity (Wildman–Crippen MR) is 61.9 cm³/mol. The Kier molecular flexibility index (Phi) is 11.0. The van der Waals surface area contributed by atoms with Gasteiger partial charge in [-0.25, -0.2) is 0 Å². The maximum atomic E-state index is 11.2. The molecule has 0 aromatic rings. The van der Waals surface area contributed by atoms with Gasteiger partial charge in [0.05, 0.1) is 0 Å². The van der Waals surface area contributed by atoms with Gasteiger partial charge in [0.1, 0.15) is 0 Å². The van der Waals surface area contributed by atoms with Crippen molar-refractivity contribution >= 4 is 5.91 Å². The molecule has 2 N–H and O–H groups in total. The Morgan fingerprint density at radius 3 is 2.67 bits per heavy atom. The van der Waals surface area contributed by atoms with Crippen molar-refractivity contribution in [1.29, 1.82) is 0 Å². The van der Waals surface area contributed by atoms with E-state index >= 15 is 0 Å². The van der Waals surface area contributed by atoms with Crippen LogP contribution in [0.4, 0.5) is 0 Å². The van der Waals surface area contributed by atoms with Crippen molar-refractivity contribution in [1.82, 2.24) is 10.6 Å². The van der Waals surface area contributed by atoms with E-state index < -0.39 is 0 Å². The molecule has 0 spiro atoms. The molecule has 0 radical (unpaired) electrons. The van der Waals surface area contributed by atoms with Crippen molar-refractivity contribution in [3.63, 3.8) is 0 Å². The Bertz CT molecular complexity index is 152. The first-order valence-electron chi connectivity index (χ1n) is 5.77. The van der Waals surface area contributed by atoms with Crippen molar-refractivity contribution in [3.05, 3.63) is 0 Å². The lowest BCUT2D eigenvalue weighted by Crippen LogP contribution is -2.28. The number of unbranched alkanes of at least 4 members (excludes halogenated alkanes) is 1. The van der Waals surface area contributed by atoms with Gasteiger partial charge in [-0.15, -0.1) is 0 Å². The van der Waals surface area contributed by atoms with E-state index in [-0.39, 0.29) is 5.91 Å². The van der Waals surface area contributed by atoms with Crippen molar-refractivity contribution in [2.45, 2.75) is 32.6 Å². The second kappa shape index (κ2) is 11.5. The summed E-state index contributed by atoms with van der Waals surface area (Å²) in [5.41, 5.74) is 0. The van der Waals surface area contributed by atoms with Gasteiger partial charge in [0.15, 0.2) is 0 Å². The van der Waals surface area contributed by atoms with Crippen LogP contribution in [0.15, 0.2) is 0 Å². The summed E-state index contributed by atoms with van der Waals surface area (Å²) in [6.45, 7) is 5.36. The van der Waals surface area contributed by atoms with Crippen LogP contribution in [-0.4, -0.2) is 39.3 Å². The number of hydrogen-bond donors (Lipinski definition) is 2. The van der Waals surface area contributed by atoms with Gasteiger partial charge < -0.3 is 15.4 Å². The predicted octanol–water partition coefficient (Wildman–Crippen LogP) is 0.919. The SMILES string of the molecule is CCCCNC(=O)CCNCCCOC. The van der Waals surface area contributed by atoms with E-state index in [4.69, 9.17) is 4.74 Å². The monoisotopic (exact) mass is 216 g/mol. The van der Waals surface area contributed by atoms with Crippen LogP contribution < -0.4 is 10.6 Å². The van der Waals surface area contributed by atoms with Crippen molar-refractivity contribution in [2.24, 2.45) is 0 Å². The molecule has 0 aliphatic rings. The van der Waals surface area contributed by atoms with Gasteiger partial charge in [-0.05, 0) is 19.4 Å². The molecule has 0 rings (SSSR count). The summed E-state index contributed by atoms with van der Waals surface area (Å²) in [5, 5.41) is 6.08. The molecular formula is C11H24N2O2.